The number of hydrogen-bond donors (Lipinski definition) is 1. The predicted octanol–water partition coefficient (Wildman–Crippen LogP) is 3.59. The van der Waals surface area contributed by atoms with Crippen molar-refractivity contribution in [3.8, 4) is 5.75 Å². The third-order valence-corrected chi connectivity index (χ3v) is 4.99. The molecule has 0 aliphatic heterocycles. The fourth-order valence-corrected chi connectivity index (χ4v) is 3.74. The minimum absolute atomic E-state index is 0.0506. The molecule has 1 N–H and O–H groups in total. The van der Waals surface area contributed by atoms with E-state index in [1.165, 1.54) is 11.3 Å². The number of hydrogen-bond acceptors (Lipinski definition) is 5. The number of aromatic nitrogens is 1. The second-order valence-corrected chi connectivity index (χ2v) is 6.73. The van der Waals surface area contributed by atoms with Crippen molar-refractivity contribution < 1.29 is 19.1 Å². The molecule has 2 heterocycles. The van der Waals surface area contributed by atoms with Crippen LogP contribution in [0.1, 0.15) is 29.9 Å². The highest BCUT2D eigenvalue weighted by Gasteiger charge is 2.19. The van der Waals surface area contributed by atoms with E-state index >= 15 is 0 Å². The van der Waals surface area contributed by atoms with Gasteiger partial charge in [-0.3, -0.25) is 4.79 Å². The molecule has 1 aromatic carbocycles. The monoisotopic (exact) mass is 386 g/mol. The Morgan fingerprint density at radius 2 is 1.96 bits per heavy atom. The molecule has 27 heavy (non-hydrogen) atoms. The van der Waals surface area contributed by atoms with Crippen LogP contribution in [0.5, 0.6) is 5.75 Å². The zero-order chi connectivity index (χ0) is 19.2. The van der Waals surface area contributed by atoms with Crippen LogP contribution in [-0.2, 0) is 22.6 Å². The van der Waals surface area contributed by atoms with Crippen LogP contribution < -0.4 is 10.1 Å². The van der Waals surface area contributed by atoms with E-state index in [-0.39, 0.29) is 19.1 Å². The molecule has 3 rings (SSSR count). The summed E-state index contributed by atoms with van der Waals surface area (Å²) in [5.41, 5.74) is 1.30. The molecule has 1 amide bonds. The van der Waals surface area contributed by atoms with Crippen molar-refractivity contribution in [2.45, 2.75) is 26.9 Å². The predicted molar refractivity (Wildman–Crippen MR) is 105 cm³/mol. The average Bonchev–Trinajstić information content (AvgIpc) is 3.24. The molecule has 0 spiro atoms. The highest BCUT2D eigenvalue weighted by atomic mass is 32.1. The quantitative estimate of drug-likeness (QED) is 0.601. The van der Waals surface area contributed by atoms with E-state index in [0.717, 1.165) is 21.5 Å². The Morgan fingerprint density at radius 1 is 1.15 bits per heavy atom. The summed E-state index contributed by atoms with van der Waals surface area (Å²) in [6.45, 7) is 4.94. The molecule has 0 bridgehead atoms. The second-order valence-electron chi connectivity index (χ2n) is 5.83. The Hall–Kier alpha value is -2.80. The van der Waals surface area contributed by atoms with Gasteiger partial charge in [0.2, 0.25) is 5.91 Å². The molecule has 0 atom stereocenters. The molecule has 142 valence electrons. The first-order valence-electron chi connectivity index (χ1n) is 8.85. The topological polar surface area (TPSA) is 69.6 Å². The molecule has 3 aromatic rings. The van der Waals surface area contributed by atoms with Gasteiger partial charge in [-0.15, -0.1) is 11.3 Å². The maximum Gasteiger partial charge on any atom is 0.355 e. The lowest BCUT2D eigenvalue weighted by molar-refractivity contribution is -0.121. The number of amides is 1. The molecule has 6 nitrogen and oxygen atoms in total. The number of thiophene rings is 1. The summed E-state index contributed by atoms with van der Waals surface area (Å²) in [5, 5.41) is 5.77. The van der Waals surface area contributed by atoms with Gasteiger partial charge in [-0.25, -0.2) is 4.79 Å². The molecule has 0 radical (unpaired) electrons. The summed E-state index contributed by atoms with van der Waals surface area (Å²) < 4.78 is 12.4. The van der Waals surface area contributed by atoms with Crippen LogP contribution in [0, 0.1) is 0 Å². The number of nitrogens with zero attached hydrogens (tertiary/aromatic N) is 1. The van der Waals surface area contributed by atoms with Crippen LogP contribution in [0.15, 0.2) is 41.8 Å². The van der Waals surface area contributed by atoms with Crippen molar-refractivity contribution in [3.05, 3.63) is 53.0 Å². The van der Waals surface area contributed by atoms with Crippen LogP contribution in [-0.4, -0.2) is 29.7 Å². The SMILES string of the molecule is CCOC(=O)c1cc2ccsc2n1CC(=O)NCc1ccccc1OCC. The van der Waals surface area contributed by atoms with E-state index in [9.17, 15) is 9.59 Å². The number of para-hydroxylation sites is 1. The highest BCUT2D eigenvalue weighted by Crippen LogP contribution is 2.26. The maximum absolute atomic E-state index is 12.5. The fourth-order valence-electron chi connectivity index (χ4n) is 2.85. The largest absolute Gasteiger partial charge is 0.494 e. The number of esters is 1. The molecule has 0 unspecified atom stereocenters. The number of carbonyl (C=O) groups excluding carboxylic acids is 2. The minimum atomic E-state index is -0.421. The van der Waals surface area contributed by atoms with Gasteiger partial charge in [-0.05, 0) is 37.4 Å². The Bertz CT molecular complexity index is 945. The molecule has 0 aliphatic rings. The van der Waals surface area contributed by atoms with Gasteiger partial charge in [-0.2, -0.15) is 0 Å². The summed E-state index contributed by atoms with van der Waals surface area (Å²) in [4.78, 5) is 25.6. The molecule has 0 aliphatic carbocycles. The summed E-state index contributed by atoms with van der Waals surface area (Å²) >= 11 is 1.49. The first-order chi connectivity index (χ1) is 13.1. The van der Waals surface area contributed by atoms with Crippen LogP contribution in [0.25, 0.3) is 10.2 Å². The van der Waals surface area contributed by atoms with E-state index in [4.69, 9.17) is 9.47 Å². The van der Waals surface area contributed by atoms with Gasteiger partial charge in [-0.1, -0.05) is 18.2 Å². The summed E-state index contributed by atoms with van der Waals surface area (Å²) in [6.07, 6.45) is 0. The Kier molecular flexibility index (Phi) is 6.13. The van der Waals surface area contributed by atoms with Crippen molar-refractivity contribution in [2.24, 2.45) is 0 Å². The van der Waals surface area contributed by atoms with Crippen molar-refractivity contribution in [1.29, 1.82) is 0 Å². The third kappa shape index (κ3) is 4.31. The lowest BCUT2D eigenvalue weighted by atomic mass is 10.2. The number of fused-ring (bicyclic) bond motifs is 1. The lowest BCUT2D eigenvalue weighted by Gasteiger charge is -2.12. The maximum atomic E-state index is 12.5. The van der Waals surface area contributed by atoms with Gasteiger partial charge in [0.1, 0.15) is 22.8 Å². The van der Waals surface area contributed by atoms with Crippen molar-refractivity contribution >= 4 is 33.4 Å². The smallest absolute Gasteiger partial charge is 0.355 e. The third-order valence-electron chi connectivity index (χ3n) is 4.04. The van der Waals surface area contributed by atoms with E-state index in [1.807, 2.05) is 42.6 Å². The van der Waals surface area contributed by atoms with Crippen molar-refractivity contribution in [2.75, 3.05) is 13.2 Å². The Balaban J connectivity index is 1.74. The zero-order valence-corrected chi connectivity index (χ0v) is 16.2. The normalized spacial score (nSPS) is 10.7. The Labute approximate surface area is 161 Å². The van der Waals surface area contributed by atoms with E-state index < -0.39 is 5.97 Å². The standard InChI is InChI=1S/C20H22N2O4S/c1-3-25-17-8-6-5-7-15(17)12-21-18(23)13-22-16(20(24)26-4-2)11-14-9-10-27-19(14)22/h5-11H,3-4,12-13H2,1-2H3,(H,21,23). The van der Waals surface area contributed by atoms with Gasteiger partial charge in [0.05, 0.1) is 13.2 Å². The molecule has 0 saturated carbocycles. The van der Waals surface area contributed by atoms with Gasteiger partial charge < -0.3 is 19.4 Å². The van der Waals surface area contributed by atoms with Crippen LogP contribution in [0.2, 0.25) is 0 Å². The molecule has 2 aromatic heterocycles. The molecule has 7 heteroatoms. The van der Waals surface area contributed by atoms with Gasteiger partial charge in [0, 0.05) is 17.5 Å². The number of nitrogens with one attached hydrogen (secondary N) is 1. The highest BCUT2D eigenvalue weighted by molar-refractivity contribution is 7.16. The second kappa shape index (κ2) is 8.73. The van der Waals surface area contributed by atoms with Crippen LogP contribution >= 0.6 is 11.3 Å². The van der Waals surface area contributed by atoms with E-state index in [2.05, 4.69) is 5.32 Å². The zero-order valence-electron chi connectivity index (χ0n) is 15.4. The molecule has 0 fully saturated rings. The van der Waals surface area contributed by atoms with Crippen molar-refractivity contribution in [1.82, 2.24) is 9.88 Å². The molecular formula is C20H22N2O4S. The van der Waals surface area contributed by atoms with Gasteiger partial charge in [0.15, 0.2) is 0 Å². The van der Waals surface area contributed by atoms with E-state index in [0.29, 0.717) is 18.8 Å². The summed E-state index contributed by atoms with van der Waals surface area (Å²) in [6, 6.07) is 11.3. The number of rotatable bonds is 8. The van der Waals surface area contributed by atoms with Crippen LogP contribution in [0.3, 0.4) is 0 Å². The van der Waals surface area contributed by atoms with Gasteiger partial charge in [0.25, 0.3) is 0 Å². The minimum Gasteiger partial charge on any atom is -0.494 e. The molecule has 0 saturated heterocycles. The summed E-state index contributed by atoms with van der Waals surface area (Å²) in [7, 11) is 0. The van der Waals surface area contributed by atoms with Crippen molar-refractivity contribution in [3.63, 3.8) is 0 Å². The van der Waals surface area contributed by atoms with Gasteiger partial charge >= 0.3 is 5.97 Å². The lowest BCUT2D eigenvalue weighted by Crippen LogP contribution is -2.28. The van der Waals surface area contributed by atoms with E-state index in [1.54, 1.807) is 17.6 Å². The fraction of sp³-hybridized carbons (Fsp3) is 0.300. The molecular weight excluding hydrogens is 364 g/mol. The number of carbonyl (C=O) groups is 2. The van der Waals surface area contributed by atoms with Crippen LogP contribution in [0.4, 0.5) is 0 Å². The first kappa shape index (κ1) is 19.0. The number of ether oxygens (including phenoxy) is 2. The Morgan fingerprint density at radius 3 is 2.74 bits per heavy atom. The summed E-state index contributed by atoms with van der Waals surface area (Å²) in [5.74, 6) is 0.155. The number of benzene rings is 1. The average molecular weight is 386 g/mol. The first-order valence-corrected chi connectivity index (χ1v) is 9.73.